The summed E-state index contributed by atoms with van der Waals surface area (Å²) in [6, 6.07) is 8.65. The van der Waals surface area contributed by atoms with Crippen LogP contribution in [0, 0.1) is 5.41 Å². The first-order valence-corrected chi connectivity index (χ1v) is 8.10. The van der Waals surface area contributed by atoms with Gasteiger partial charge in [0.2, 0.25) is 0 Å². The first-order valence-electron chi connectivity index (χ1n) is 8.10. The largest absolute Gasteiger partial charge is 0.489 e. The van der Waals surface area contributed by atoms with Gasteiger partial charge in [0.05, 0.1) is 0 Å². The molecule has 2 heteroatoms. The first kappa shape index (κ1) is 18.0. The van der Waals surface area contributed by atoms with Crippen molar-refractivity contribution in [3.05, 3.63) is 29.8 Å². The van der Waals surface area contributed by atoms with Gasteiger partial charge >= 0.3 is 0 Å². The number of hydrogen-bond donors (Lipinski definition) is 1. The predicted molar refractivity (Wildman–Crippen MR) is 92.2 cm³/mol. The normalized spacial score (nSPS) is 14.0. The smallest absolute Gasteiger partial charge is 0.119 e. The SMILES string of the molecule is CCC(CNC)Oc1ccc(C(C)(C)CC(C)(C)C)cc1. The summed E-state index contributed by atoms with van der Waals surface area (Å²) < 4.78 is 6.01. The Morgan fingerprint density at radius 3 is 2.05 bits per heavy atom. The number of likely N-dealkylation sites (N-methyl/N-ethyl adjacent to an activating group) is 1. The molecule has 0 aliphatic heterocycles. The van der Waals surface area contributed by atoms with Crippen molar-refractivity contribution in [1.82, 2.24) is 5.32 Å². The van der Waals surface area contributed by atoms with Crippen LogP contribution in [0.1, 0.15) is 59.9 Å². The van der Waals surface area contributed by atoms with E-state index in [1.807, 2.05) is 7.05 Å². The minimum absolute atomic E-state index is 0.186. The number of ether oxygens (including phenoxy) is 1. The minimum Gasteiger partial charge on any atom is -0.489 e. The third-order valence-electron chi connectivity index (χ3n) is 3.80. The summed E-state index contributed by atoms with van der Waals surface area (Å²) in [5.74, 6) is 0.965. The van der Waals surface area contributed by atoms with Crippen LogP contribution in [-0.4, -0.2) is 19.7 Å². The van der Waals surface area contributed by atoms with Crippen LogP contribution in [0.4, 0.5) is 0 Å². The molecule has 21 heavy (non-hydrogen) atoms. The number of nitrogens with one attached hydrogen (secondary N) is 1. The average Bonchev–Trinajstić information content (AvgIpc) is 2.36. The van der Waals surface area contributed by atoms with E-state index in [1.165, 1.54) is 5.56 Å². The van der Waals surface area contributed by atoms with Gasteiger partial charge in [-0.25, -0.2) is 0 Å². The molecule has 1 aromatic carbocycles. The van der Waals surface area contributed by atoms with Gasteiger partial charge in [-0.15, -0.1) is 0 Å². The number of benzene rings is 1. The van der Waals surface area contributed by atoms with E-state index < -0.39 is 0 Å². The summed E-state index contributed by atoms with van der Waals surface area (Å²) in [5.41, 5.74) is 1.90. The van der Waals surface area contributed by atoms with Crippen molar-refractivity contribution in [2.75, 3.05) is 13.6 Å². The zero-order valence-electron chi connectivity index (χ0n) is 14.9. The maximum atomic E-state index is 6.01. The van der Waals surface area contributed by atoms with E-state index in [2.05, 4.69) is 71.1 Å². The zero-order chi connectivity index (χ0) is 16.1. The molecular formula is C19H33NO. The quantitative estimate of drug-likeness (QED) is 0.781. The Kier molecular flexibility index (Phi) is 6.27. The first-order chi connectivity index (χ1) is 9.68. The van der Waals surface area contributed by atoms with Crippen LogP contribution in [-0.2, 0) is 5.41 Å². The predicted octanol–water partition coefficient (Wildman–Crippen LogP) is 4.78. The van der Waals surface area contributed by atoms with E-state index in [0.717, 1.165) is 25.1 Å². The van der Waals surface area contributed by atoms with Gasteiger partial charge in [0.25, 0.3) is 0 Å². The second-order valence-electron chi connectivity index (χ2n) is 7.85. The Morgan fingerprint density at radius 1 is 1.05 bits per heavy atom. The lowest BCUT2D eigenvalue weighted by Gasteiger charge is -2.33. The van der Waals surface area contributed by atoms with Crippen molar-refractivity contribution in [3.63, 3.8) is 0 Å². The molecule has 0 radical (unpaired) electrons. The molecule has 0 aliphatic carbocycles. The van der Waals surface area contributed by atoms with E-state index >= 15 is 0 Å². The summed E-state index contributed by atoms with van der Waals surface area (Å²) in [4.78, 5) is 0. The molecule has 2 nitrogen and oxygen atoms in total. The molecule has 0 saturated carbocycles. The molecule has 0 heterocycles. The summed E-state index contributed by atoms with van der Waals surface area (Å²) in [6.45, 7) is 14.6. The fourth-order valence-electron chi connectivity index (χ4n) is 3.10. The summed E-state index contributed by atoms with van der Waals surface area (Å²) >= 11 is 0. The summed E-state index contributed by atoms with van der Waals surface area (Å²) in [6.07, 6.45) is 2.42. The molecule has 1 aromatic rings. The van der Waals surface area contributed by atoms with Crippen LogP contribution in [0.2, 0.25) is 0 Å². The molecule has 0 aliphatic rings. The molecule has 1 atom stereocenters. The van der Waals surface area contributed by atoms with Gasteiger partial charge in [-0.05, 0) is 48.4 Å². The molecule has 0 spiro atoms. The highest BCUT2D eigenvalue weighted by Crippen LogP contribution is 2.36. The second-order valence-corrected chi connectivity index (χ2v) is 7.85. The maximum absolute atomic E-state index is 6.01. The summed E-state index contributed by atoms with van der Waals surface area (Å²) in [7, 11) is 1.96. The number of rotatable bonds is 7. The zero-order valence-corrected chi connectivity index (χ0v) is 14.9. The standard InChI is InChI=1S/C19H33NO/c1-8-16(13-20-7)21-17-11-9-15(10-12-17)19(5,6)14-18(2,3)4/h9-12,16,20H,8,13-14H2,1-7H3. The highest BCUT2D eigenvalue weighted by Gasteiger charge is 2.27. The highest BCUT2D eigenvalue weighted by molar-refractivity contribution is 5.32. The van der Waals surface area contributed by atoms with Gasteiger partial charge in [0, 0.05) is 6.54 Å². The monoisotopic (exact) mass is 291 g/mol. The maximum Gasteiger partial charge on any atom is 0.119 e. The molecule has 0 bridgehead atoms. The number of hydrogen-bond acceptors (Lipinski definition) is 2. The van der Waals surface area contributed by atoms with E-state index in [9.17, 15) is 0 Å². The molecule has 1 N–H and O–H groups in total. The second kappa shape index (κ2) is 7.31. The van der Waals surface area contributed by atoms with Crippen LogP contribution in [0.15, 0.2) is 24.3 Å². The molecule has 0 amide bonds. The van der Waals surface area contributed by atoms with Gasteiger partial charge in [0.15, 0.2) is 0 Å². The molecule has 1 rings (SSSR count). The third kappa shape index (κ3) is 6.09. The Morgan fingerprint density at radius 2 is 1.62 bits per heavy atom. The van der Waals surface area contributed by atoms with Crippen LogP contribution in [0.25, 0.3) is 0 Å². The lowest BCUT2D eigenvalue weighted by atomic mass is 9.72. The fourth-order valence-corrected chi connectivity index (χ4v) is 3.10. The Labute approximate surface area is 131 Å². The van der Waals surface area contributed by atoms with Crippen LogP contribution in [0.5, 0.6) is 5.75 Å². The van der Waals surface area contributed by atoms with Gasteiger partial charge in [0.1, 0.15) is 11.9 Å². The van der Waals surface area contributed by atoms with Gasteiger partial charge in [-0.3, -0.25) is 0 Å². The van der Waals surface area contributed by atoms with Gasteiger partial charge < -0.3 is 10.1 Å². The topological polar surface area (TPSA) is 21.3 Å². The highest BCUT2D eigenvalue weighted by atomic mass is 16.5. The van der Waals surface area contributed by atoms with E-state index in [-0.39, 0.29) is 11.5 Å². The molecule has 120 valence electrons. The third-order valence-corrected chi connectivity index (χ3v) is 3.80. The fraction of sp³-hybridized carbons (Fsp3) is 0.684. The van der Waals surface area contributed by atoms with Crippen molar-refractivity contribution in [3.8, 4) is 5.75 Å². The van der Waals surface area contributed by atoms with Crippen molar-refractivity contribution in [2.45, 2.75) is 65.9 Å². The lowest BCUT2D eigenvalue weighted by molar-refractivity contribution is 0.196. The van der Waals surface area contributed by atoms with Gasteiger partial charge in [-0.1, -0.05) is 53.7 Å². The lowest BCUT2D eigenvalue weighted by Crippen LogP contribution is -2.28. The van der Waals surface area contributed by atoms with E-state index in [4.69, 9.17) is 4.74 Å². The Balaban J connectivity index is 2.77. The molecular weight excluding hydrogens is 258 g/mol. The average molecular weight is 291 g/mol. The Hall–Kier alpha value is -1.02. The van der Waals surface area contributed by atoms with Crippen molar-refractivity contribution in [1.29, 1.82) is 0 Å². The van der Waals surface area contributed by atoms with Crippen LogP contribution in [0.3, 0.4) is 0 Å². The molecule has 0 fully saturated rings. The van der Waals surface area contributed by atoms with E-state index in [0.29, 0.717) is 5.41 Å². The molecule has 0 saturated heterocycles. The minimum atomic E-state index is 0.186. The van der Waals surface area contributed by atoms with Crippen molar-refractivity contribution in [2.24, 2.45) is 5.41 Å². The van der Waals surface area contributed by atoms with E-state index in [1.54, 1.807) is 0 Å². The van der Waals surface area contributed by atoms with Crippen molar-refractivity contribution >= 4 is 0 Å². The molecule has 0 aromatic heterocycles. The van der Waals surface area contributed by atoms with Gasteiger partial charge in [-0.2, -0.15) is 0 Å². The van der Waals surface area contributed by atoms with Crippen LogP contribution < -0.4 is 10.1 Å². The Bertz CT molecular complexity index is 414. The molecule has 1 unspecified atom stereocenters. The van der Waals surface area contributed by atoms with Crippen molar-refractivity contribution < 1.29 is 4.74 Å². The summed E-state index contributed by atoms with van der Waals surface area (Å²) in [5, 5.41) is 3.18. The van der Waals surface area contributed by atoms with Crippen LogP contribution >= 0.6 is 0 Å².